The fraction of sp³-hybridized carbons (Fsp3) is 0.185. The number of carbonyl (C=O) groups excluding carboxylic acids is 4. The van der Waals surface area contributed by atoms with E-state index in [4.69, 9.17) is 0 Å². The Labute approximate surface area is 201 Å². The van der Waals surface area contributed by atoms with Gasteiger partial charge in [0.15, 0.2) is 0 Å². The van der Waals surface area contributed by atoms with E-state index in [1.165, 1.54) is 60.5 Å². The molecule has 1 fully saturated rings. The molecule has 3 aromatic rings. The van der Waals surface area contributed by atoms with Gasteiger partial charge in [-0.15, -0.1) is 0 Å². The molecule has 0 bridgehead atoms. The molecular weight excluding hydrogens is 451 g/mol. The molecule has 7 nitrogen and oxygen atoms in total. The number of nitrogens with zero attached hydrogens (tertiary/aromatic N) is 2. The zero-order valence-corrected chi connectivity index (χ0v) is 19.2. The third-order valence-electron chi connectivity index (χ3n) is 5.88. The van der Waals surface area contributed by atoms with Gasteiger partial charge < -0.3 is 9.64 Å². The van der Waals surface area contributed by atoms with Gasteiger partial charge in [-0.05, 0) is 48.9 Å². The van der Waals surface area contributed by atoms with Crippen LogP contribution in [0.15, 0.2) is 72.8 Å². The van der Waals surface area contributed by atoms with E-state index in [0.717, 1.165) is 16.0 Å². The summed E-state index contributed by atoms with van der Waals surface area (Å²) >= 11 is 0. The van der Waals surface area contributed by atoms with Crippen LogP contribution in [0, 0.1) is 12.7 Å². The Morgan fingerprint density at radius 3 is 2.29 bits per heavy atom. The molecule has 8 heteroatoms. The summed E-state index contributed by atoms with van der Waals surface area (Å²) in [4.78, 5) is 53.7. The second-order valence-electron chi connectivity index (χ2n) is 8.22. The summed E-state index contributed by atoms with van der Waals surface area (Å²) in [6.07, 6.45) is -0.246. The van der Waals surface area contributed by atoms with Gasteiger partial charge >= 0.3 is 5.97 Å². The number of hydrogen-bond acceptors (Lipinski definition) is 5. The first-order valence-corrected chi connectivity index (χ1v) is 11.0. The maximum Gasteiger partial charge on any atom is 0.337 e. The van der Waals surface area contributed by atoms with E-state index >= 15 is 0 Å². The Bertz CT molecular complexity index is 1290. The number of anilines is 1. The van der Waals surface area contributed by atoms with Crippen molar-refractivity contribution in [3.8, 4) is 0 Å². The molecule has 0 spiro atoms. The van der Waals surface area contributed by atoms with Crippen molar-refractivity contribution >= 4 is 29.4 Å². The van der Waals surface area contributed by atoms with Crippen LogP contribution in [0.3, 0.4) is 0 Å². The second-order valence-corrected chi connectivity index (χ2v) is 8.22. The Kier molecular flexibility index (Phi) is 6.73. The molecule has 0 saturated carbocycles. The summed E-state index contributed by atoms with van der Waals surface area (Å²) in [7, 11) is 1.25. The fourth-order valence-electron chi connectivity index (χ4n) is 4.00. The normalized spacial score (nSPS) is 15.3. The van der Waals surface area contributed by atoms with E-state index in [-0.39, 0.29) is 29.8 Å². The minimum absolute atomic E-state index is 0.0201. The number of benzene rings is 3. The Hall–Kier alpha value is -4.33. The summed E-state index contributed by atoms with van der Waals surface area (Å²) in [6.45, 7) is 1.95. The van der Waals surface area contributed by atoms with Crippen LogP contribution in [0.2, 0.25) is 0 Å². The molecule has 0 aliphatic carbocycles. The maximum absolute atomic E-state index is 14.5. The van der Waals surface area contributed by atoms with Crippen molar-refractivity contribution in [1.82, 2.24) is 4.90 Å². The van der Waals surface area contributed by atoms with Gasteiger partial charge in [-0.1, -0.05) is 42.0 Å². The molecule has 0 aromatic heterocycles. The minimum Gasteiger partial charge on any atom is -0.465 e. The molecule has 1 heterocycles. The molecule has 0 radical (unpaired) electrons. The second kappa shape index (κ2) is 9.89. The lowest BCUT2D eigenvalue weighted by molar-refractivity contribution is -0.122. The van der Waals surface area contributed by atoms with Crippen LogP contribution in [-0.2, 0) is 20.9 Å². The summed E-state index contributed by atoms with van der Waals surface area (Å²) in [6, 6.07) is 17.6. The van der Waals surface area contributed by atoms with Crippen LogP contribution in [0.1, 0.15) is 38.3 Å². The molecule has 3 aromatic carbocycles. The summed E-state index contributed by atoms with van der Waals surface area (Å²) < 4.78 is 19.2. The number of ether oxygens (including phenoxy) is 1. The summed E-state index contributed by atoms with van der Waals surface area (Å²) in [5.74, 6) is -3.04. The van der Waals surface area contributed by atoms with Gasteiger partial charge in [-0.2, -0.15) is 0 Å². The van der Waals surface area contributed by atoms with Crippen LogP contribution in [0.5, 0.6) is 0 Å². The number of esters is 1. The number of halogens is 1. The number of imide groups is 1. The third-order valence-corrected chi connectivity index (χ3v) is 5.88. The van der Waals surface area contributed by atoms with Gasteiger partial charge in [-0.25, -0.2) is 14.1 Å². The van der Waals surface area contributed by atoms with E-state index in [0.29, 0.717) is 0 Å². The first-order chi connectivity index (χ1) is 16.8. The number of carbonyl (C=O) groups is 4. The zero-order chi connectivity index (χ0) is 25.1. The van der Waals surface area contributed by atoms with Crippen LogP contribution >= 0.6 is 0 Å². The smallest absolute Gasteiger partial charge is 0.337 e. The van der Waals surface area contributed by atoms with Crippen molar-refractivity contribution in [3.05, 3.63) is 101 Å². The molecule has 3 amide bonds. The van der Waals surface area contributed by atoms with Crippen LogP contribution in [0.25, 0.3) is 0 Å². The minimum atomic E-state index is -1.11. The topological polar surface area (TPSA) is 84.0 Å². The van der Waals surface area contributed by atoms with Gasteiger partial charge in [0, 0.05) is 6.54 Å². The molecule has 4 rings (SSSR count). The first kappa shape index (κ1) is 23.8. The first-order valence-electron chi connectivity index (χ1n) is 11.0. The van der Waals surface area contributed by atoms with Crippen molar-refractivity contribution in [2.45, 2.75) is 25.9 Å². The van der Waals surface area contributed by atoms with Gasteiger partial charge in [0.25, 0.3) is 11.8 Å². The molecule has 1 aliphatic heterocycles. The highest BCUT2D eigenvalue weighted by Crippen LogP contribution is 2.28. The van der Waals surface area contributed by atoms with Gasteiger partial charge in [0.1, 0.15) is 11.9 Å². The maximum atomic E-state index is 14.5. The van der Waals surface area contributed by atoms with Crippen molar-refractivity contribution in [2.24, 2.45) is 0 Å². The van der Waals surface area contributed by atoms with Gasteiger partial charge in [0.2, 0.25) is 5.91 Å². The average Bonchev–Trinajstić information content (AvgIpc) is 3.16. The third kappa shape index (κ3) is 4.82. The lowest BCUT2D eigenvalue weighted by atomic mass is 10.1. The largest absolute Gasteiger partial charge is 0.465 e. The molecule has 1 aliphatic rings. The van der Waals surface area contributed by atoms with Crippen molar-refractivity contribution < 1.29 is 28.3 Å². The standard InChI is InChI=1S/C27H23FN2O5/c1-17-7-9-18(10-8-17)16-29(25(32)21-5-3-4-6-22(21)28)23-15-24(31)30(26(23)33)20-13-11-19(12-14-20)27(34)35-2/h3-14,23H,15-16H2,1-2H3. The number of amides is 3. The van der Waals surface area contributed by atoms with E-state index in [1.807, 2.05) is 31.2 Å². The monoisotopic (exact) mass is 474 g/mol. The van der Waals surface area contributed by atoms with E-state index in [9.17, 15) is 23.6 Å². The molecular formula is C27H23FN2O5. The number of methoxy groups -OCH3 is 1. The highest BCUT2D eigenvalue weighted by molar-refractivity contribution is 6.23. The lowest BCUT2D eigenvalue weighted by Gasteiger charge is -2.28. The van der Waals surface area contributed by atoms with Crippen LogP contribution in [-0.4, -0.2) is 41.7 Å². The molecule has 1 atom stereocenters. The average molecular weight is 474 g/mol. The van der Waals surface area contributed by atoms with E-state index in [2.05, 4.69) is 4.74 Å². The predicted molar refractivity (Wildman–Crippen MR) is 126 cm³/mol. The molecule has 178 valence electrons. The SMILES string of the molecule is COC(=O)c1ccc(N2C(=O)CC(N(Cc3ccc(C)cc3)C(=O)c3ccccc3F)C2=O)cc1. The van der Waals surface area contributed by atoms with Crippen LogP contribution in [0.4, 0.5) is 10.1 Å². The number of aryl methyl sites for hydroxylation is 1. The molecule has 1 unspecified atom stereocenters. The Morgan fingerprint density at radius 2 is 1.66 bits per heavy atom. The zero-order valence-electron chi connectivity index (χ0n) is 19.2. The fourth-order valence-corrected chi connectivity index (χ4v) is 4.00. The highest BCUT2D eigenvalue weighted by atomic mass is 19.1. The molecule has 35 heavy (non-hydrogen) atoms. The van der Waals surface area contributed by atoms with E-state index < -0.39 is 35.5 Å². The Morgan fingerprint density at radius 1 is 1.00 bits per heavy atom. The molecule has 0 N–H and O–H groups in total. The number of hydrogen-bond donors (Lipinski definition) is 0. The van der Waals surface area contributed by atoms with Crippen molar-refractivity contribution in [2.75, 3.05) is 12.0 Å². The summed E-state index contributed by atoms with van der Waals surface area (Å²) in [5, 5.41) is 0. The van der Waals surface area contributed by atoms with Gasteiger partial charge in [0.05, 0.1) is 30.3 Å². The molecule has 1 saturated heterocycles. The van der Waals surface area contributed by atoms with Crippen molar-refractivity contribution in [3.63, 3.8) is 0 Å². The van der Waals surface area contributed by atoms with E-state index in [1.54, 1.807) is 0 Å². The highest BCUT2D eigenvalue weighted by Gasteiger charge is 2.44. The lowest BCUT2D eigenvalue weighted by Crippen LogP contribution is -2.45. The van der Waals surface area contributed by atoms with Gasteiger partial charge in [-0.3, -0.25) is 14.4 Å². The Balaban J connectivity index is 1.67. The number of rotatable bonds is 6. The quantitative estimate of drug-likeness (QED) is 0.400. The predicted octanol–water partition coefficient (Wildman–Crippen LogP) is 3.90. The van der Waals surface area contributed by atoms with Crippen LogP contribution < -0.4 is 4.90 Å². The van der Waals surface area contributed by atoms with Crippen molar-refractivity contribution in [1.29, 1.82) is 0 Å². The summed E-state index contributed by atoms with van der Waals surface area (Å²) in [5.41, 5.74) is 2.11.